The smallest absolute Gasteiger partial charge is 0.225 e. The highest BCUT2D eigenvalue weighted by atomic mass is 19.1. The molecule has 1 fully saturated rings. The van der Waals surface area contributed by atoms with Gasteiger partial charge in [-0.25, -0.2) is 9.37 Å². The first-order valence-corrected chi connectivity index (χ1v) is 7.84. The molecule has 1 saturated carbocycles. The Morgan fingerprint density at radius 3 is 2.64 bits per heavy atom. The number of benzene rings is 1. The van der Waals surface area contributed by atoms with Crippen LogP contribution in [0.15, 0.2) is 30.3 Å². The Kier molecular flexibility index (Phi) is 4.51. The van der Waals surface area contributed by atoms with Gasteiger partial charge in [0.15, 0.2) is 0 Å². The van der Waals surface area contributed by atoms with Crippen molar-refractivity contribution >= 4 is 17.5 Å². The van der Waals surface area contributed by atoms with E-state index in [-0.39, 0.29) is 5.82 Å². The molecule has 1 aromatic carbocycles. The van der Waals surface area contributed by atoms with Crippen molar-refractivity contribution in [3.05, 3.63) is 41.8 Å². The van der Waals surface area contributed by atoms with E-state index < -0.39 is 0 Å². The molecule has 0 radical (unpaired) electrons. The molecule has 3 rings (SSSR count). The summed E-state index contributed by atoms with van der Waals surface area (Å²) in [5.41, 5.74) is 1.27. The standard InChI is InChI=1S/C17H21FN4/c1-12-11-16(21-15-10-6-5-9-14(15)18)22-17(19-12)20-13-7-3-2-4-8-13/h5-6,9-11,13H,2-4,7-8H2,1H3,(H2,19,20,21,22). The number of aryl methyl sites for hydroxylation is 1. The maximum atomic E-state index is 13.7. The molecule has 2 aromatic rings. The van der Waals surface area contributed by atoms with Crippen molar-refractivity contribution in [1.82, 2.24) is 9.97 Å². The van der Waals surface area contributed by atoms with Gasteiger partial charge in [-0.15, -0.1) is 0 Å². The van der Waals surface area contributed by atoms with Crippen LogP contribution in [0.3, 0.4) is 0 Å². The second kappa shape index (κ2) is 6.73. The molecule has 0 saturated heterocycles. The molecule has 1 aromatic heterocycles. The van der Waals surface area contributed by atoms with E-state index in [1.54, 1.807) is 18.2 Å². The Balaban J connectivity index is 1.76. The molecule has 0 atom stereocenters. The topological polar surface area (TPSA) is 49.8 Å². The predicted molar refractivity (Wildman–Crippen MR) is 86.9 cm³/mol. The maximum Gasteiger partial charge on any atom is 0.225 e. The number of para-hydroxylation sites is 1. The summed E-state index contributed by atoms with van der Waals surface area (Å²) in [7, 11) is 0. The molecule has 22 heavy (non-hydrogen) atoms. The zero-order chi connectivity index (χ0) is 15.4. The Hall–Kier alpha value is -2.17. The number of hydrogen-bond acceptors (Lipinski definition) is 4. The van der Waals surface area contributed by atoms with Crippen LogP contribution in [0.2, 0.25) is 0 Å². The number of rotatable bonds is 4. The zero-order valence-corrected chi connectivity index (χ0v) is 12.8. The van der Waals surface area contributed by atoms with Gasteiger partial charge in [0.2, 0.25) is 5.95 Å². The number of anilines is 3. The summed E-state index contributed by atoms with van der Waals surface area (Å²) in [5.74, 6) is 0.933. The second-order valence-electron chi connectivity index (χ2n) is 5.80. The van der Waals surface area contributed by atoms with Gasteiger partial charge >= 0.3 is 0 Å². The number of aromatic nitrogens is 2. The van der Waals surface area contributed by atoms with E-state index in [9.17, 15) is 4.39 Å². The van der Waals surface area contributed by atoms with Gasteiger partial charge in [0, 0.05) is 17.8 Å². The van der Waals surface area contributed by atoms with Crippen molar-refractivity contribution in [1.29, 1.82) is 0 Å². The van der Waals surface area contributed by atoms with Gasteiger partial charge < -0.3 is 10.6 Å². The van der Waals surface area contributed by atoms with Gasteiger partial charge in [0.25, 0.3) is 0 Å². The molecule has 0 bridgehead atoms. The van der Waals surface area contributed by atoms with Crippen LogP contribution in [0.1, 0.15) is 37.8 Å². The molecular weight excluding hydrogens is 279 g/mol. The van der Waals surface area contributed by atoms with E-state index in [0.29, 0.717) is 23.5 Å². The highest BCUT2D eigenvalue weighted by molar-refractivity contribution is 5.58. The third kappa shape index (κ3) is 3.72. The lowest BCUT2D eigenvalue weighted by Gasteiger charge is -2.23. The summed E-state index contributed by atoms with van der Waals surface area (Å²) in [6.07, 6.45) is 6.14. The average Bonchev–Trinajstić information content (AvgIpc) is 2.50. The van der Waals surface area contributed by atoms with Crippen molar-refractivity contribution in [2.45, 2.75) is 45.1 Å². The molecule has 1 heterocycles. The first kappa shape index (κ1) is 14.8. The minimum absolute atomic E-state index is 0.291. The zero-order valence-electron chi connectivity index (χ0n) is 12.8. The van der Waals surface area contributed by atoms with Crippen molar-refractivity contribution < 1.29 is 4.39 Å². The molecule has 1 aliphatic carbocycles. The Labute approximate surface area is 130 Å². The third-order valence-corrected chi connectivity index (χ3v) is 3.93. The van der Waals surface area contributed by atoms with Gasteiger partial charge in [0.1, 0.15) is 11.6 Å². The fourth-order valence-corrected chi connectivity index (χ4v) is 2.83. The molecule has 116 valence electrons. The SMILES string of the molecule is Cc1cc(Nc2ccccc2F)nc(NC2CCCCC2)n1. The molecule has 4 nitrogen and oxygen atoms in total. The molecule has 1 aliphatic rings. The van der Waals surface area contributed by atoms with Crippen LogP contribution in [-0.2, 0) is 0 Å². The minimum atomic E-state index is -0.291. The lowest BCUT2D eigenvalue weighted by Crippen LogP contribution is -2.23. The number of hydrogen-bond donors (Lipinski definition) is 2. The quantitative estimate of drug-likeness (QED) is 0.878. The van der Waals surface area contributed by atoms with Crippen LogP contribution < -0.4 is 10.6 Å². The maximum absolute atomic E-state index is 13.7. The number of nitrogens with zero attached hydrogens (tertiary/aromatic N) is 2. The number of halogens is 1. The van der Waals surface area contributed by atoms with E-state index in [4.69, 9.17) is 0 Å². The van der Waals surface area contributed by atoms with Crippen LogP contribution in [0.5, 0.6) is 0 Å². The van der Waals surface area contributed by atoms with Crippen molar-refractivity contribution in [2.75, 3.05) is 10.6 Å². The Bertz CT molecular complexity index is 638. The molecular formula is C17H21FN4. The van der Waals surface area contributed by atoms with Gasteiger partial charge in [-0.3, -0.25) is 0 Å². The van der Waals surface area contributed by atoms with Gasteiger partial charge in [-0.1, -0.05) is 31.4 Å². The molecule has 0 aliphatic heterocycles. The lowest BCUT2D eigenvalue weighted by molar-refractivity contribution is 0.461. The molecule has 5 heteroatoms. The van der Waals surface area contributed by atoms with Crippen LogP contribution in [-0.4, -0.2) is 16.0 Å². The van der Waals surface area contributed by atoms with Crippen LogP contribution in [0.25, 0.3) is 0 Å². The van der Waals surface area contributed by atoms with E-state index in [0.717, 1.165) is 18.5 Å². The Morgan fingerprint density at radius 2 is 1.86 bits per heavy atom. The van der Waals surface area contributed by atoms with E-state index >= 15 is 0 Å². The summed E-state index contributed by atoms with van der Waals surface area (Å²) in [6, 6.07) is 8.84. The largest absolute Gasteiger partial charge is 0.351 e. The van der Waals surface area contributed by atoms with Crippen LogP contribution in [0.4, 0.5) is 21.8 Å². The highest BCUT2D eigenvalue weighted by Gasteiger charge is 2.14. The summed E-state index contributed by atoms with van der Waals surface area (Å²) in [5, 5.41) is 6.43. The van der Waals surface area contributed by atoms with Gasteiger partial charge in [-0.05, 0) is 31.9 Å². The third-order valence-electron chi connectivity index (χ3n) is 3.93. The van der Waals surface area contributed by atoms with Gasteiger partial charge in [0.05, 0.1) is 5.69 Å². The Morgan fingerprint density at radius 1 is 1.09 bits per heavy atom. The van der Waals surface area contributed by atoms with Crippen LogP contribution in [0, 0.1) is 12.7 Å². The monoisotopic (exact) mass is 300 g/mol. The molecule has 0 spiro atoms. The highest BCUT2D eigenvalue weighted by Crippen LogP contribution is 2.22. The summed E-state index contributed by atoms with van der Waals surface area (Å²) in [6.45, 7) is 1.92. The summed E-state index contributed by atoms with van der Waals surface area (Å²) >= 11 is 0. The van der Waals surface area contributed by atoms with E-state index in [1.807, 2.05) is 13.0 Å². The van der Waals surface area contributed by atoms with E-state index in [1.165, 1.54) is 25.3 Å². The normalized spacial score (nSPS) is 15.5. The van der Waals surface area contributed by atoms with Crippen molar-refractivity contribution in [2.24, 2.45) is 0 Å². The number of nitrogens with one attached hydrogen (secondary N) is 2. The summed E-state index contributed by atoms with van der Waals surface area (Å²) < 4.78 is 13.7. The fraction of sp³-hybridized carbons (Fsp3) is 0.412. The second-order valence-corrected chi connectivity index (χ2v) is 5.80. The molecule has 2 N–H and O–H groups in total. The van der Waals surface area contributed by atoms with Crippen molar-refractivity contribution in [3.63, 3.8) is 0 Å². The predicted octanol–water partition coefficient (Wildman–Crippen LogP) is 4.41. The minimum Gasteiger partial charge on any atom is -0.351 e. The van der Waals surface area contributed by atoms with Crippen molar-refractivity contribution in [3.8, 4) is 0 Å². The van der Waals surface area contributed by atoms with Crippen LogP contribution >= 0.6 is 0 Å². The average molecular weight is 300 g/mol. The fourth-order valence-electron chi connectivity index (χ4n) is 2.83. The molecule has 0 unspecified atom stereocenters. The lowest BCUT2D eigenvalue weighted by atomic mass is 9.96. The summed E-state index contributed by atoms with van der Waals surface area (Å²) in [4.78, 5) is 8.90. The first-order chi connectivity index (χ1) is 10.7. The van der Waals surface area contributed by atoms with E-state index in [2.05, 4.69) is 20.6 Å². The van der Waals surface area contributed by atoms with Gasteiger partial charge in [-0.2, -0.15) is 4.98 Å². The molecule has 0 amide bonds. The first-order valence-electron chi connectivity index (χ1n) is 7.84.